The number of hydrogen-bond donors (Lipinski definition) is 3. The number of fused-ring (bicyclic) bond motifs is 2. The maximum Gasteiger partial charge on any atom is 0.233 e. The molecule has 2 rings (SSSR count). The molecule has 6 heteroatoms. The van der Waals surface area contributed by atoms with Gasteiger partial charge < -0.3 is 21.0 Å². The number of carbonyl (C=O) groups is 1. The van der Waals surface area contributed by atoms with E-state index in [4.69, 9.17) is 15.7 Å². The van der Waals surface area contributed by atoms with Gasteiger partial charge in [0.15, 0.2) is 5.84 Å². The van der Waals surface area contributed by atoms with Gasteiger partial charge in [0.05, 0.1) is 18.2 Å². The Kier molecular flexibility index (Phi) is 3.47. The Morgan fingerprint density at radius 3 is 2.78 bits per heavy atom. The van der Waals surface area contributed by atoms with Gasteiger partial charge in [0, 0.05) is 0 Å². The van der Waals surface area contributed by atoms with E-state index >= 15 is 0 Å². The number of carbonyl (C=O) groups excluding carboxylic acids is 1. The van der Waals surface area contributed by atoms with E-state index in [0.29, 0.717) is 6.42 Å². The van der Waals surface area contributed by atoms with Gasteiger partial charge in [-0.1, -0.05) is 12.1 Å². The first-order valence-electron chi connectivity index (χ1n) is 6.45. The number of nitrogens with zero attached hydrogens (tertiary/aromatic N) is 1. The summed E-state index contributed by atoms with van der Waals surface area (Å²) in [5.74, 6) is -0.243. The SMILES string of the molecule is CCC(C)(C(=O)NC1CC2CCC1O2)C(N)=NO. The number of ether oxygens (including phenoxy) is 1. The molecule has 2 fully saturated rings. The standard InChI is InChI=1S/C12H21N3O3/c1-3-12(2,10(13)15-17)11(16)14-8-6-7-4-5-9(8)18-7/h7-9,17H,3-6H2,1-2H3,(H2,13,15)(H,14,16). The molecule has 0 aromatic carbocycles. The van der Waals surface area contributed by atoms with Gasteiger partial charge in [-0.3, -0.25) is 4.79 Å². The fourth-order valence-electron chi connectivity index (χ4n) is 2.69. The third-order valence-electron chi connectivity index (χ3n) is 4.30. The van der Waals surface area contributed by atoms with Crippen LogP contribution in [0.25, 0.3) is 0 Å². The van der Waals surface area contributed by atoms with Crippen LogP contribution in [-0.2, 0) is 9.53 Å². The topological polar surface area (TPSA) is 96.9 Å². The van der Waals surface area contributed by atoms with Crippen molar-refractivity contribution >= 4 is 11.7 Å². The van der Waals surface area contributed by atoms with Crippen molar-refractivity contribution in [1.29, 1.82) is 0 Å². The lowest BCUT2D eigenvalue weighted by Crippen LogP contribution is -2.52. The second kappa shape index (κ2) is 4.76. The van der Waals surface area contributed by atoms with Gasteiger partial charge >= 0.3 is 0 Å². The van der Waals surface area contributed by atoms with E-state index in [1.807, 2.05) is 6.92 Å². The molecule has 2 aliphatic rings. The summed E-state index contributed by atoms with van der Waals surface area (Å²) in [6, 6.07) is 0.0635. The van der Waals surface area contributed by atoms with Gasteiger partial charge in [-0.15, -0.1) is 0 Å². The molecule has 2 heterocycles. The van der Waals surface area contributed by atoms with E-state index in [1.165, 1.54) is 0 Å². The molecule has 0 aliphatic carbocycles. The Balaban J connectivity index is 2.02. The van der Waals surface area contributed by atoms with Crippen LogP contribution in [0.2, 0.25) is 0 Å². The molecule has 18 heavy (non-hydrogen) atoms. The van der Waals surface area contributed by atoms with Gasteiger partial charge in [-0.2, -0.15) is 0 Å². The Labute approximate surface area is 107 Å². The number of amidine groups is 1. The lowest BCUT2D eigenvalue weighted by molar-refractivity contribution is -0.128. The summed E-state index contributed by atoms with van der Waals surface area (Å²) in [5, 5.41) is 14.7. The smallest absolute Gasteiger partial charge is 0.233 e. The molecule has 2 saturated heterocycles. The van der Waals surface area contributed by atoms with E-state index in [1.54, 1.807) is 6.92 Å². The zero-order chi connectivity index (χ0) is 13.3. The van der Waals surface area contributed by atoms with Gasteiger partial charge in [0.2, 0.25) is 5.91 Å². The van der Waals surface area contributed by atoms with Crippen molar-refractivity contribution in [3.8, 4) is 0 Å². The molecule has 0 spiro atoms. The first kappa shape index (κ1) is 13.1. The van der Waals surface area contributed by atoms with Crippen LogP contribution < -0.4 is 11.1 Å². The molecule has 0 radical (unpaired) electrons. The lowest BCUT2D eigenvalue weighted by Gasteiger charge is -2.29. The van der Waals surface area contributed by atoms with Crippen LogP contribution in [0.3, 0.4) is 0 Å². The fourth-order valence-corrected chi connectivity index (χ4v) is 2.69. The zero-order valence-corrected chi connectivity index (χ0v) is 10.8. The highest BCUT2D eigenvalue weighted by molar-refractivity contribution is 6.06. The number of oxime groups is 1. The predicted octanol–water partition coefficient (Wildman–Crippen LogP) is 0.585. The summed E-state index contributed by atoms with van der Waals surface area (Å²) in [7, 11) is 0. The molecule has 4 N–H and O–H groups in total. The Morgan fingerprint density at radius 2 is 2.33 bits per heavy atom. The molecular formula is C12H21N3O3. The van der Waals surface area contributed by atoms with Gasteiger partial charge in [0.1, 0.15) is 5.41 Å². The summed E-state index contributed by atoms with van der Waals surface area (Å²) in [5.41, 5.74) is 4.66. The van der Waals surface area contributed by atoms with E-state index in [-0.39, 0.29) is 30.0 Å². The molecule has 2 bridgehead atoms. The molecule has 102 valence electrons. The predicted molar refractivity (Wildman–Crippen MR) is 66.2 cm³/mol. The maximum atomic E-state index is 12.3. The number of amides is 1. The summed E-state index contributed by atoms with van der Waals surface area (Å²) in [6.07, 6.45) is 3.86. The third kappa shape index (κ3) is 2.05. The highest BCUT2D eigenvalue weighted by atomic mass is 16.5. The van der Waals surface area contributed by atoms with Crippen LogP contribution in [-0.4, -0.2) is 35.2 Å². The van der Waals surface area contributed by atoms with Crippen molar-refractivity contribution in [2.45, 2.75) is 57.8 Å². The Hall–Kier alpha value is -1.30. The number of hydrogen-bond acceptors (Lipinski definition) is 4. The van der Waals surface area contributed by atoms with Crippen molar-refractivity contribution in [2.24, 2.45) is 16.3 Å². The quantitative estimate of drug-likeness (QED) is 0.296. The first-order valence-corrected chi connectivity index (χ1v) is 6.45. The van der Waals surface area contributed by atoms with Crippen LogP contribution in [0.5, 0.6) is 0 Å². The number of nitrogens with one attached hydrogen (secondary N) is 1. The molecule has 2 aliphatic heterocycles. The minimum atomic E-state index is -0.962. The van der Waals surface area contributed by atoms with Crippen LogP contribution in [0.1, 0.15) is 39.5 Å². The second-order valence-electron chi connectivity index (χ2n) is 5.36. The van der Waals surface area contributed by atoms with Crippen LogP contribution in [0, 0.1) is 5.41 Å². The largest absolute Gasteiger partial charge is 0.409 e. The Morgan fingerprint density at radius 1 is 1.61 bits per heavy atom. The summed E-state index contributed by atoms with van der Waals surface area (Å²) >= 11 is 0. The summed E-state index contributed by atoms with van der Waals surface area (Å²) < 4.78 is 5.69. The summed E-state index contributed by atoms with van der Waals surface area (Å²) in [4.78, 5) is 12.3. The van der Waals surface area contributed by atoms with E-state index in [2.05, 4.69) is 10.5 Å². The molecule has 0 aromatic heterocycles. The van der Waals surface area contributed by atoms with Crippen LogP contribution in [0.15, 0.2) is 5.16 Å². The van der Waals surface area contributed by atoms with E-state index < -0.39 is 5.41 Å². The van der Waals surface area contributed by atoms with E-state index in [9.17, 15) is 4.79 Å². The van der Waals surface area contributed by atoms with Gasteiger partial charge in [-0.25, -0.2) is 0 Å². The molecule has 0 saturated carbocycles. The molecule has 1 amide bonds. The number of rotatable bonds is 4. The number of nitrogens with two attached hydrogens (primary N) is 1. The highest BCUT2D eigenvalue weighted by Gasteiger charge is 2.44. The van der Waals surface area contributed by atoms with E-state index in [0.717, 1.165) is 19.3 Å². The third-order valence-corrected chi connectivity index (χ3v) is 4.30. The fraction of sp³-hybridized carbons (Fsp3) is 0.833. The second-order valence-corrected chi connectivity index (χ2v) is 5.36. The first-order chi connectivity index (χ1) is 8.51. The van der Waals surface area contributed by atoms with Crippen molar-refractivity contribution in [2.75, 3.05) is 0 Å². The average molecular weight is 255 g/mol. The molecular weight excluding hydrogens is 234 g/mol. The van der Waals surface area contributed by atoms with Crippen molar-refractivity contribution in [3.05, 3.63) is 0 Å². The average Bonchev–Trinajstić information content (AvgIpc) is 2.98. The van der Waals surface area contributed by atoms with Crippen LogP contribution in [0.4, 0.5) is 0 Å². The van der Waals surface area contributed by atoms with Gasteiger partial charge in [-0.05, 0) is 32.6 Å². The maximum absolute atomic E-state index is 12.3. The Bertz CT molecular complexity index is 372. The van der Waals surface area contributed by atoms with Crippen molar-refractivity contribution in [3.63, 3.8) is 0 Å². The minimum Gasteiger partial charge on any atom is -0.409 e. The lowest BCUT2D eigenvalue weighted by atomic mass is 9.84. The zero-order valence-electron chi connectivity index (χ0n) is 10.8. The molecule has 0 aromatic rings. The molecule has 6 nitrogen and oxygen atoms in total. The molecule has 4 atom stereocenters. The minimum absolute atomic E-state index is 0.0495. The normalized spacial score (nSPS) is 34.3. The van der Waals surface area contributed by atoms with Crippen LogP contribution >= 0.6 is 0 Å². The van der Waals surface area contributed by atoms with Crippen molar-refractivity contribution in [1.82, 2.24) is 5.32 Å². The van der Waals surface area contributed by atoms with Crippen molar-refractivity contribution < 1.29 is 14.7 Å². The van der Waals surface area contributed by atoms with Gasteiger partial charge in [0.25, 0.3) is 0 Å². The molecule has 4 unspecified atom stereocenters. The monoisotopic (exact) mass is 255 g/mol. The highest BCUT2D eigenvalue weighted by Crippen LogP contribution is 2.35. The summed E-state index contributed by atoms with van der Waals surface area (Å²) in [6.45, 7) is 3.53.